The second-order valence-corrected chi connectivity index (χ2v) is 15.8. The number of ether oxygens (including phenoxy) is 3. The molecule has 348 valence electrons. The fourth-order valence-corrected chi connectivity index (χ4v) is 7.96. The number of aromatic nitrogens is 10. The summed E-state index contributed by atoms with van der Waals surface area (Å²) in [4.78, 5) is 49.3. The van der Waals surface area contributed by atoms with Crippen LogP contribution in [0, 0.1) is 20.8 Å². The lowest BCUT2D eigenvalue weighted by Crippen LogP contribution is -2.48. The molecule has 0 spiro atoms. The fourth-order valence-electron chi connectivity index (χ4n) is 7.96. The van der Waals surface area contributed by atoms with E-state index >= 15 is 0 Å². The molecule has 0 bridgehead atoms. The SMILES string of the molecule is Cc1nc2c(C)cc(-c3ccccc3C(F)(F)F)nn2c1C(=O)Nc1ccnc(OC2CCOC([n+]3c(C)c(C(=O)Nc4ccncn4)n4nc(-c5cccc(OCC(O)CO)c5)ccc43)C2)n1. The molecule has 0 saturated carbocycles. The van der Waals surface area contributed by atoms with E-state index in [9.17, 15) is 33.0 Å². The van der Waals surface area contributed by atoms with E-state index in [4.69, 9.17) is 19.3 Å². The number of carbonyl (C=O) groups excluding carboxylic acids is 2. The zero-order valence-corrected chi connectivity index (χ0v) is 36.5. The molecule has 1 fully saturated rings. The predicted octanol–water partition coefficient (Wildman–Crippen LogP) is 5.52. The molecule has 68 heavy (non-hydrogen) atoms. The van der Waals surface area contributed by atoms with Crippen LogP contribution in [-0.4, -0.2) is 98.2 Å². The van der Waals surface area contributed by atoms with Crippen molar-refractivity contribution in [2.24, 2.45) is 0 Å². The first kappa shape index (κ1) is 45.2. The molecule has 1 saturated heterocycles. The minimum absolute atomic E-state index is 0.000742. The maximum Gasteiger partial charge on any atom is 0.417 e. The first-order valence-electron chi connectivity index (χ1n) is 21.3. The van der Waals surface area contributed by atoms with Crippen molar-refractivity contribution in [2.45, 2.75) is 58.2 Å². The second kappa shape index (κ2) is 18.7. The van der Waals surface area contributed by atoms with E-state index < -0.39 is 48.6 Å². The first-order valence-corrected chi connectivity index (χ1v) is 21.3. The Morgan fingerprint density at radius 1 is 0.897 bits per heavy atom. The van der Waals surface area contributed by atoms with Gasteiger partial charge in [0.1, 0.15) is 48.2 Å². The number of fused-ring (bicyclic) bond motifs is 2. The highest BCUT2D eigenvalue weighted by Crippen LogP contribution is 2.37. The highest BCUT2D eigenvalue weighted by molar-refractivity contribution is 6.04. The van der Waals surface area contributed by atoms with Gasteiger partial charge in [-0.05, 0) is 61.9 Å². The maximum atomic E-state index is 14.1. The van der Waals surface area contributed by atoms with E-state index in [1.165, 1.54) is 58.1 Å². The number of anilines is 2. The quantitative estimate of drug-likeness (QED) is 0.105. The van der Waals surface area contributed by atoms with Crippen LogP contribution in [0.5, 0.6) is 11.8 Å². The van der Waals surface area contributed by atoms with Crippen molar-refractivity contribution in [1.29, 1.82) is 0 Å². The van der Waals surface area contributed by atoms with Gasteiger partial charge in [-0.25, -0.2) is 24.5 Å². The van der Waals surface area contributed by atoms with Crippen LogP contribution in [0.25, 0.3) is 33.8 Å². The van der Waals surface area contributed by atoms with E-state index in [0.29, 0.717) is 51.7 Å². The average Bonchev–Trinajstić information content (AvgIpc) is 3.83. The Morgan fingerprint density at radius 2 is 1.68 bits per heavy atom. The molecular formula is C46H42F3N12O7+. The summed E-state index contributed by atoms with van der Waals surface area (Å²) >= 11 is 0. The lowest BCUT2D eigenvalue weighted by atomic mass is 10.0. The number of rotatable bonds is 13. The second-order valence-electron chi connectivity index (χ2n) is 15.8. The number of benzene rings is 2. The average molecular weight is 932 g/mol. The number of aryl methyl sites for hydroxylation is 2. The Morgan fingerprint density at radius 3 is 2.47 bits per heavy atom. The molecule has 2 aromatic carbocycles. The highest BCUT2D eigenvalue weighted by atomic mass is 19.4. The molecule has 0 radical (unpaired) electrons. The molecule has 2 amide bonds. The van der Waals surface area contributed by atoms with Crippen molar-refractivity contribution in [3.05, 3.63) is 131 Å². The van der Waals surface area contributed by atoms with Gasteiger partial charge in [0.2, 0.25) is 6.23 Å². The summed E-state index contributed by atoms with van der Waals surface area (Å²) in [5.74, 6) is -0.364. The molecule has 6 aromatic heterocycles. The zero-order valence-electron chi connectivity index (χ0n) is 36.5. The molecule has 1 aliphatic heterocycles. The van der Waals surface area contributed by atoms with Gasteiger partial charge in [-0.2, -0.15) is 27.8 Å². The summed E-state index contributed by atoms with van der Waals surface area (Å²) in [5.41, 5.74) is 2.50. The number of alkyl halides is 3. The minimum Gasteiger partial charge on any atom is -0.491 e. The van der Waals surface area contributed by atoms with Crippen LogP contribution >= 0.6 is 0 Å². The number of carbonyl (C=O) groups is 2. The predicted molar refractivity (Wildman–Crippen MR) is 236 cm³/mol. The van der Waals surface area contributed by atoms with Crippen LogP contribution < -0.4 is 24.7 Å². The summed E-state index contributed by atoms with van der Waals surface area (Å²) in [6.45, 7) is 4.75. The van der Waals surface area contributed by atoms with E-state index in [1.54, 1.807) is 51.1 Å². The molecule has 7 heterocycles. The first-order chi connectivity index (χ1) is 32.7. The van der Waals surface area contributed by atoms with Gasteiger partial charge in [0, 0.05) is 42.9 Å². The Kier molecular flexibility index (Phi) is 12.5. The van der Waals surface area contributed by atoms with Gasteiger partial charge in [-0.3, -0.25) is 9.59 Å². The minimum atomic E-state index is -4.64. The number of nitrogens with one attached hydrogen (secondary N) is 2. The zero-order chi connectivity index (χ0) is 47.7. The van der Waals surface area contributed by atoms with E-state index in [0.717, 1.165) is 6.07 Å². The van der Waals surface area contributed by atoms with Gasteiger partial charge in [-0.1, -0.05) is 39.9 Å². The monoisotopic (exact) mass is 931 g/mol. The number of hydrogen-bond acceptors (Lipinski definition) is 14. The van der Waals surface area contributed by atoms with Crippen LogP contribution in [0.2, 0.25) is 0 Å². The van der Waals surface area contributed by atoms with Crippen molar-refractivity contribution in [2.75, 3.05) is 30.5 Å². The lowest BCUT2D eigenvalue weighted by molar-refractivity contribution is -0.749. The van der Waals surface area contributed by atoms with Crippen molar-refractivity contribution >= 4 is 34.7 Å². The number of halogens is 3. The van der Waals surface area contributed by atoms with Crippen molar-refractivity contribution < 1.29 is 51.8 Å². The summed E-state index contributed by atoms with van der Waals surface area (Å²) in [6.07, 6.45) is -1.87. The third-order valence-corrected chi connectivity index (χ3v) is 11.1. The Labute approximate surface area is 384 Å². The standard InChI is InChI=1S/C46H41F3N12O7/c1-25-19-35(32-9-4-5-10-33(32)46(47,48)49)58-61-40(26(2)53-42(25)61)43(64)55-37-14-17-51-45(56-37)68-31-15-18-66-39(21-31)59-27(3)41(44(65)54-36-13-16-50-24-52-36)60-38(59)12-11-34(57-60)28-7-6-8-30(20-28)67-23-29(63)22-62/h4-14,16-17,19-20,24,29,31,39,62-63H,15,18,21-23H2,1-3H3,(H-,50,51,52,54,55,56,64,65)/p+1. The highest BCUT2D eigenvalue weighted by Gasteiger charge is 2.38. The molecule has 0 aliphatic carbocycles. The van der Waals surface area contributed by atoms with Gasteiger partial charge in [0.15, 0.2) is 17.0 Å². The maximum absolute atomic E-state index is 14.1. The fraction of sp³-hybridized carbons (Fsp3) is 0.261. The number of hydrogen-bond donors (Lipinski definition) is 4. The molecule has 3 unspecified atom stereocenters. The third kappa shape index (κ3) is 9.23. The van der Waals surface area contributed by atoms with Crippen LogP contribution in [0.4, 0.5) is 24.8 Å². The molecule has 19 nitrogen and oxygen atoms in total. The summed E-state index contributed by atoms with van der Waals surface area (Å²) in [5, 5.41) is 33.9. The van der Waals surface area contributed by atoms with Crippen LogP contribution in [0.15, 0.2) is 97.6 Å². The van der Waals surface area contributed by atoms with Gasteiger partial charge in [0.05, 0.1) is 36.6 Å². The van der Waals surface area contributed by atoms with Crippen LogP contribution in [0.1, 0.15) is 62.6 Å². The van der Waals surface area contributed by atoms with Crippen molar-refractivity contribution in [3.63, 3.8) is 0 Å². The number of aliphatic hydroxyl groups is 2. The topological polar surface area (TPSA) is 229 Å². The van der Waals surface area contributed by atoms with Gasteiger partial charge in [0.25, 0.3) is 11.6 Å². The van der Waals surface area contributed by atoms with E-state index in [-0.39, 0.29) is 59.9 Å². The largest absolute Gasteiger partial charge is 0.491 e. The summed E-state index contributed by atoms with van der Waals surface area (Å²) in [6, 6.07) is 20.2. The molecular weight excluding hydrogens is 890 g/mol. The van der Waals surface area contributed by atoms with Crippen LogP contribution in [-0.2, 0) is 10.9 Å². The molecule has 1 aliphatic rings. The molecule has 3 atom stereocenters. The van der Waals surface area contributed by atoms with Gasteiger partial charge in [-0.15, -0.1) is 0 Å². The smallest absolute Gasteiger partial charge is 0.417 e. The van der Waals surface area contributed by atoms with E-state index in [1.807, 2.05) is 16.7 Å². The van der Waals surface area contributed by atoms with Gasteiger partial charge >= 0.3 is 23.7 Å². The Hall–Kier alpha value is -7.95. The van der Waals surface area contributed by atoms with Gasteiger partial charge < -0.3 is 35.1 Å². The molecule has 4 N–H and O–H groups in total. The molecule has 9 rings (SSSR count). The van der Waals surface area contributed by atoms with Crippen molar-refractivity contribution in [1.82, 2.24) is 44.1 Å². The van der Waals surface area contributed by atoms with Crippen LogP contribution in [0.3, 0.4) is 0 Å². The third-order valence-electron chi connectivity index (χ3n) is 11.1. The molecule has 22 heteroatoms. The van der Waals surface area contributed by atoms with E-state index in [2.05, 4.69) is 40.7 Å². The lowest BCUT2D eigenvalue weighted by Gasteiger charge is -2.28. The normalized spacial score (nSPS) is 15.6. The number of imidazole rings is 2. The van der Waals surface area contributed by atoms with Crippen molar-refractivity contribution in [3.8, 4) is 34.3 Å². The Bertz CT molecular complexity index is 3180. The number of nitrogens with zero attached hydrogens (tertiary/aromatic N) is 10. The summed E-state index contributed by atoms with van der Waals surface area (Å²) in [7, 11) is 0. The Balaban J connectivity index is 0.969. The summed E-state index contributed by atoms with van der Waals surface area (Å²) < 4.78 is 64.8. The number of amides is 2. The molecule has 8 aromatic rings. The number of aliphatic hydroxyl groups excluding tert-OH is 2.